The number of carboxylic acids is 1. The zero-order valence-corrected chi connectivity index (χ0v) is 13.7. The van der Waals surface area contributed by atoms with E-state index in [0.717, 1.165) is 5.56 Å². The fraction of sp³-hybridized carbons (Fsp3) is 0.385. The van der Waals surface area contributed by atoms with Crippen molar-refractivity contribution >= 4 is 27.3 Å². The molecule has 0 aromatic carbocycles. The Balaban J connectivity index is 2.07. The summed E-state index contributed by atoms with van der Waals surface area (Å²) < 4.78 is 28.4. The summed E-state index contributed by atoms with van der Waals surface area (Å²) in [5, 5.41) is 15.0. The molecule has 7 nitrogen and oxygen atoms in total. The van der Waals surface area contributed by atoms with E-state index in [2.05, 4.69) is 5.10 Å². The summed E-state index contributed by atoms with van der Waals surface area (Å²) in [6, 6.07) is 1.91. The van der Waals surface area contributed by atoms with Crippen LogP contribution in [0.15, 0.2) is 16.3 Å². The summed E-state index contributed by atoms with van der Waals surface area (Å²) in [4.78, 5) is 12.3. The van der Waals surface area contributed by atoms with Gasteiger partial charge in [0.25, 0.3) is 0 Å². The molecule has 1 N–H and O–H groups in total. The highest BCUT2D eigenvalue weighted by atomic mass is 32.2. The third-order valence-corrected chi connectivity index (χ3v) is 6.87. The molecule has 2 aromatic heterocycles. The number of rotatable bonds is 3. The number of carbonyl (C=O) groups is 1. The number of thiophene rings is 1. The van der Waals surface area contributed by atoms with E-state index < -0.39 is 21.7 Å². The molecule has 0 aliphatic carbocycles. The molecule has 3 heterocycles. The van der Waals surface area contributed by atoms with Gasteiger partial charge in [-0.25, -0.2) is 13.2 Å². The molecule has 1 aliphatic rings. The van der Waals surface area contributed by atoms with Gasteiger partial charge in [0.05, 0.1) is 5.69 Å². The minimum atomic E-state index is -3.89. The molecule has 9 heteroatoms. The lowest BCUT2D eigenvalue weighted by atomic mass is 10.1. The monoisotopic (exact) mass is 341 g/mol. The number of aromatic carboxylic acids is 1. The highest BCUT2D eigenvalue weighted by molar-refractivity contribution is 7.89. The lowest BCUT2D eigenvalue weighted by Crippen LogP contribution is -2.36. The van der Waals surface area contributed by atoms with Gasteiger partial charge in [0.1, 0.15) is 4.90 Å². The van der Waals surface area contributed by atoms with E-state index in [1.54, 1.807) is 18.3 Å². The summed E-state index contributed by atoms with van der Waals surface area (Å²) in [6.07, 6.45) is 0.647. The van der Waals surface area contributed by atoms with Crippen molar-refractivity contribution in [1.29, 1.82) is 0 Å². The van der Waals surface area contributed by atoms with E-state index in [1.165, 1.54) is 20.9 Å². The Labute approximate surface area is 131 Å². The van der Waals surface area contributed by atoms with Crippen molar-refractivity contribution in [2.75, 3.05) is 6.54 Å². The molecular weight excluding hydrogens is 326 g/mol. The molecule has 0 bridgehead atoms. The average Bonchev–Trinajstić information content (AvgIpc) is 3.03. The number of hydrogen-bond donors (Lipinski definition) is 1. The van der Waals surface area contributed by atoms with Crippen LogP contribution < -0.4 is 0 Å². The first-order valence-electron chi connectivity index (χ1n) is 6.64. The molecule has 22 heavy (non-hydrogen) atoms. The largest absolute Gasteiger partial charge is 0.476 e. The molecule has 0 unspecified atom stereocenters. The fourth-order valence-electron chi connectivity index (χ4n) is 2.59. The van der Waals surface area contributed by atoms with E-state index >= 15 is 0 Å². The molecule has 0 atom stereocenters. The maximum absolute atomic E-state index is 12.9. The zero-order valence-electron chi connectivity index (χ0n) is 12.1. The van der Waals surface area contributed by atoms with Crippen molar-refractivity contribution in [2.45, 2.75) is 24.8 Å². The maximum atomic E-state index is 12.9. The van der Waals surface area contributed by atoms with Crippen LogP contribution in [0, 0.1) is 6.92 Å². The minimum absolute atomic E-state index is 0.207. The zero-order chi connectivity index (χ0) is 16.1. The van der Waals surface area contributed by atoms with Crippen LogP contribution in [0.5, 0.6) is 0 Å². The van der Waals surface area contributed by atoms with Crippen molar-refractivity contribution in [1.82, 2.24) is 14.1 Å². The van der Waals surface area contributed by atoms with Crippen LogP contribution in [-0.4, -0.2) is 40.1 Å². The Hall–Kier alpha value is -1.71. The average molecular weight is 341 g/mol. The first-order chi connectivity index (χ1) is 10.3. The van der Waals surface area contributed by atoms with Crippen LogP contribution in [0.2, 0.25) is 0 Å². The SMILES string of the molecule is Cc1c(S(=O)(=O)N2CCc3sccc3C2)c(C(=O)O)nn1C. The number of carboxylic acid groups (broad SMARTS) is 1. The second-order valence-electron chi connectivity index (χ2n) is 5.15. The van der Waals surface area contributed by atoms with Gasteiger partial charge in [-0.2, -0.15) is 9.40 Å². The van der Waals surface area contributed by atoms with Gasteiger partial charge >= 0.3 is 5.97 Å². The topological polar surface area (TPSA) is 92.5 Å². The number of aryl methyl sites for hydroxylation is 1. The molecule has 118 valence electrons. The van der Waals surface area contributed by atoms with Gasteiger partial charge in [-0.1, -0.05) is 0 Å². The lowest BCUT2D eigenvalue weighted by molar-refractivity contribution is 0.0685. The van der Waals surface area contributed by atoms with Crippen LogP contribution in [0.3, 0.4) is 0 Å². The molecule has 0 spiro atoms. The van der Waals surface area contributed by atoms with Gasteiger partial charge in [-0.15, -0.1) is 11.3 Å². The molecular formula is C13H15N3O4S2. The van der Waals surface area contributed by atoms with Gasteiger partial charge < -0.3 is 5.11 Å². The van der Waals surface area contributed by atoms with E-state index in [1.807, 2.05) is 11.4 Å². The Kier molecular flexibility index (Phi) is 3.58. The quantitative estimate of drug-likeness (QED) is 0.906. The normalized spacial score (nSPS) is 15.7. The van der Waals surface area contributed by atoms with Crippen LogP contribution >= 0.6 is 11.3 Å². The van der Waals surface area contributed by atoms with Crippen LogP contribution in [0.4, 0.5) is 0 Å². The maximum Gasteiger partial charge on any atom is 0.357 e. The molecule has 1 aliphatic heterocycles. The van der Waals surface area contributed by atoms with Crippen molar-refractivity contribution in [3.8, 4) is 0 Å². The number of hydrogen-bond acceptors (Lipinski definition) is 5. The van der Waals surface area contributed by atoms with Gasteiger partial charge in [0, 0.05) is 25.0 Å². The van der Waals surface area contributed by atoms with Crippen LogP contribution in [0.1, 0.15) is 26.6 Å². The van der Waals surface area contributed by atoms with E-state index in [0.29, 0.717) is 18.7 Å². The molecule has 0 fully saturated rings. The summed E-state index contributed by atoms with van der Waals surface area (Å²) >= 11 is 1.62. The standard InChI is InChI=1S/C13H15N3O4S2/c1-8-12(11(13(17)18)14-15(8)2)22(19,20)16-5-3-10-9(7-16)4-6-21-10/h4,6H,3,5,7H2,1-2H3,(H,17,18). The first-order valence-corrected chi connectivity index (χ1v) is 8.96. The number of nitrogens with zero attached hydrogens (tertiary/aromatic N) is 3. The second kappa shape index (κ2) is 5.18. The molecule has 0 amide bonds. The third kappa shape index (κ3) is 2.25. The Bertz CT molecular complexity index is 851. The Morgan fingerprint density at radius 2 is 2.18 bits per heavy atom. The van der Waals surface area contributed by atoms with Gasteiger partial charge in [0.2, 0.25) is 10.0 Å². The minimum Gasteiger partial charge on any atom is -0.476 e. The molecule has 2 aromatic rings. The number of fused-ring (bicyclic) bond motifs is 1. The first kappa shape index (κ1) is 15.2. The molecule has 0 radical (unpaired) electrons. The lowest BCUT2D eigenvalue weighted by Gasteiger charge is -2.26. The summed E-state index contributed by atoms with van der Waals surface area (Å²) in [5.74, 6) is -1.34. The fourth-order valence-corrected chi connectivity index (χ4v) is 5.26. The Morgan fingerprint density at radius 3 is 2.86 bits per heavy atom. The highest BCUT2D eigenvalue weighted by Crippen LogP contribution is 2.30. The smallest absolute Gasteiger partial charge is 0.357 e. The third-order valence-electron chi connectivity index (χ3n) is 3.85. The second-order valence-corrected chi connectivity index (χ2v) is 8.02. The predicted molar refractivity (Wildman–Crippen MR) is 80.5 cm³/mol. The summed E-state index contributed by atoms with van der Waals surface area (Å²) in [5.41, 5.74) is 0.892. The summed E-state index contributed by atoms with van der Waals surface area (Å²) in [6.45, 7) is 2.18. The van der Waals surface area contributed by atoms with Crippen molar-refractivity contribution in [3.05, 3.63) is 33.3 Å². The number of aromatic nitrogens is 2. The van der Waals surface area contributed by atoms with Gasteiger partial charge in [0.15, 0.2) is 5.69 Å². The highest BCUT2D eigenvalue weighted by Gasteiger charge is 2.36. The van der Waals surface area contributed by atoms with E-state index in [4.69, 9.17) is 0 Å². The van der Waals surface area contributed by atoms with Crippen molar-refractivity contribution in [3.63, 3.8) is 0 Å². The van der Waals surface area contributed by atoms with Gasteiger partial charge in [-0.05, 0) is 30.4 Å². The number of sulfonamides is 1. The molecule has 0 saturated heterocycles. The van der Waals surface area contributed by atoms with Crippen LogP contribution in [0.25, 0.3) is 0 Å². The molecule has 0 saturated carbocycles. The van der Waals surface area contributed by atoms with Crippen molar-refractivity contribution in [2.24, 2.45) is 7.05 Å². The van der Waals surface area contributed by atoms with E-state index in [-0.39, 0.29) is 11.4 Å². The molecule has 3 rings (SSSR count). The van der Waals surface area contributed by atoms with E-state index in [9.17, 15) is 18.3 Å². The van der Waals surface area contributed by atoms with Crippen molar-refractivity contribution < 1.29 is 18.3 Å². The Morgan fingerprint density at radius 1 is 1.45 bits per heavy atom. The van der Waals surface area contributed by atoms with Gasteiger partial charge in [-0.3, -0.25) is 4.68 Å². The summed E-state index contributed by atoms with van der Waals surface area (Å²) in [7, 11) is -2.36. The van der Waals surface area contributed by atoms with Crippen LogP contribution in [-0.2, 0) is 30.0 Å². The predicted octanol–water partition coefficient (Wildman–Crippen LogP) is 1.24.